The van der Waals surface area contributed by atoms with E-state index in [4.69, 9.17) is 10.8 Å². The number of nitrogens with zero attached hydrogens (tertiary/aromatic N) is 1. The lowest BCUT2D eigenvalue weighted by Gasteiger charge is -2.28. The van der Waals surface area contributed by atoms with E-state index in [0.717, 1.165) is 25.7 Å². The van der Waals surface area contributed by atoms with Crippen molar-refractivity contribution >= 4 is 11.9 Å². The molecular formula is C12H20N2O4. The summed E-state index contributed by atoms with van der Waals surface area (Å²) in [6, 6.07) is -0.905. The molecule has 0 bridgehead atoms. The van der Waals surface area contributed by atoms with Crippen molar-refractivity contribution in [1.82, 2.24) is 4.90 Å². The second-order valence-electron chi connectivity index (χ2n) is 5.54. The molecule has 0 unspecified atom stereocenters. The Morgan fingerprint density at radius 2 is 1.94 bits per heavy atom. The second kappa shape index (κ2) is 4.85. The lowest BCUT2D eigenvalue weighted by atomic mass is 9.94. The smallest absolute Gasteiger partial charge is 0.326 e. The summed E-state index contributed by atoms with van der Waals surface area (Å²) in [4.78, 5) is 24.4. The number of carbonyl (C=O) groups is 2. The monoisotopic (exact) mass is 256 g/mol. The number of aliphatic carboxylic acids is 1. The van der Waals surface area contributed by atoms with Crippen molar-refractivity contribution in [3.8, 4) is 0 Å². The minimum absolute atomic E-state index is 0.103. The molecule has 0 aromatic heterocycles. The van der Waals surface area contributed by atoms with Gasteiger partial charge in [-0.3, -0.25) is 4.79 Å². The Kier molecular flexibility index (Phi) is 3.59. The van der Waals surface area contributed by atoms with Crippen LogP contribution in [0.1, 0.15) is 38.5 Å². The molecule has 102 valence electrons. The third kappa shape index (κ3) is 2.64. The first kappa shape index (κ1) is 13.3. The number of β-amino-alcohol motifs (C(OH)–C–C–N with tert-alkyl or cyclic N) is 1. The molecule has 6 nitrogen and oxygen atoms in total. The van der Waals surface area contributed by atoms with Gasteiger partial charge in [0.2, 0.25) is 5.91 Å². The zero-order valence-electron chi connectivity index (χ0n) is 10.3. The molecule has 0 aromatic carbocycles. The zero-order valence-corrected chi connectivity index (χ0v) is 10.3. The third-order valence-corrected chi connectivity index (χ3v) is 3.99. The third-order valence-electron chi connectivity index (χ3n) is 3.99. The van der Waals surface area contributed by atoms with Gasteiger partial charge in [-0.15, -0.1) is 0 Å². The Morgan fingerprint density at radius 1 is 1.33 bits per heavy atom. The molecule has 2 fully saturated rings. The molecule has 4 N–H and O–H groups in total. The average Bonchev–Trinajstić information content (AvgIpc) is 2.85. The Hall–Kier alpha value is -1.14. The van der Waals surface area contributed by atoms with Crippen LogP contribution < -0.4 is 5.73 Å². The summed E-state index contributed by atoms with van der Waals surface area (Å²) in [6.45, 7) is 0.103. The van der Waals surface area contributed by atoms with E-state index >= 15 is 0 Å². The van der Waals surface area contributed by atoms with Gasteiger partial charge in [0.1, 0.15) is 6.04 Å². The van der Waals surface area contributed by atoms with Gasteiger partial charge in [0.15, 0.2) is 0 Å². The van der Waals surface area contributed by atoms with Crippen molar-refractivity contribution in [2.75, 3.05) is 6.54 Å². The summed E-state index contributed by atoms with van der Waals surface area (Å²) in [6.07, 6.45) is 3.22. The number of aliphatic hydroxyl groups is 1. The Balaban J connectivity index is 2.01. The zero-order chi connectivity index (χ0) is 13.3. The van der Waals surface area contributed by atoms with Gasteiger partial charge in [-0.1, -0.05) is 12.8 Å². The Bertz CT molecular complexity index is 352. The average molecular weight is 256 g/mol. The molecule has 2 aliphatic rings. The maximum atomic E-state index is 12.1. The molecule has 2 rings (SSSR count). The molecule has 0 spiro atoms. The molecule has 2 atom stereocenters. The highest BCUT2D eigenvalue weighted by Crippen LogP contribution is 2.31. The molecule has 1 amide bonds. The van der Waals surface area contributed by atoms with E-state index < -0.39 is 23.7 Å². The van der Waals surface area contributed by atoms with Crippen LogP contribution in [0, 0.1) is 0 Å². The normalized spacial score (nSPS) is 30.7. The standard InChI is InChI=1S/C12H20N2O4/c13-12(3-1-2-4-12)6-10(16)14-7-8(15)5-9(14)11(17)18/h8-9,15H,1-7,13H2,(H,17,18)/t8-,9-/m1/s1. The minimum Gasteiger partial charge on any atom is -0.480 e. The van der Waals surface area contributed by atoms with E-state index in [9.17, 15) is 14.7 Å². The van der Waals surface area contributed by atoms with Gasteiger partial charge in [0.25, 0.3) is 0 Å². The van der Waals surface area contributed by atoms with Crippen LogP contribution in [0.4, 0.5) is 0 Å². The fraction of sp³-hybridized carbons (Fsp3) is 0.833. The molecule has 1 aliphatic heterocycles. The number of amides is 1. The molecule has 1 heterocycles. The number of rotatable bonds is 3. The van der Waals surface area contributed by atoms with Gasteiger partial charge >= 0.3 is 5.97 Å². The highest BCUT2D eigenvalue weighted by Gasteiger charge is 2.41. The summed E-state index contributed by atoms with van der Waals surface area (Å²) in [7, 11) is 0. The van der Waals surface area contributed by atoms with Gasteiger partial charge in [-0.05, 0) is 12.8 Å². The molecule has 18 heavy (non-hydrogen) atoms. The van der Waals surface area contributed by atoms with Crippen LogP contribution >= 0.6 is 0 Å². The molecule has 1 aliphatic carbocycles. The quantitative estimate of drug-likeness (QED) is 0.643. The topological polar surface area (TPSA) is 104 Å². The predicted octanol–water partition coefficient (Wildman–Crippen LogP) is -0.306. The van der Waals surface area contributed by atoms with Gasteiger partial charge < -0.3 is 20.8 Å². The Labute approximate surface area is 106 Å². The van der Waals surface area contributed by atoms with Crippen LogP contribution in [0.3, 0.4) is 0 Å². The first-order valence-electron chi connectivity index (χ1n) is 6.40. The summed E-state index contributed by atoms with van der Waals surface area (Å²) in [5.74, 6) is -1.30. The van der Waals surface area contributed by atoms with Gasteiger partial charge in [-0.25, -0.2) is 4.79 Å². The predicted molar refractivity (Wildman–Crippen MR) is 63.8 cm³/mol. The van der Waals surface area contributed by atoms with Crippen molar-refractivity contribution in [2.45, 2.75) is 56.2 Å². The van der Waals surface area contributed by atoms with Gasteiger partial charge in [0, 0.05) is 24.9 Å². The fourth-order valence-electron chi connectivity index (χ4n) is 2.98. The summed E-state index contributed by atoms with van der Waals surface area (Å²) in [5.41, 5.74) is 5.65. The molecule has 0 aromatic rings. The number of carboxylic acid groups (broad SMARTS) is 1. The maximum Gasteiger partial charge on any atom is 0.326 e. The van der Waals surface area contributed by atoms with Crippen molar-refractivity contribution in [2.24, 2.45) is 5.73 Å². The van der Waals surface area contributed by atoms with Gasteiger partial charge in [-0.2, -0.15) is 0 Å². The summed E-state index contributed by atoms with van der Waals surface area (Å²) >= 11 is 0. The van der Waals surface area contributed by atoms with Crippen LogP contribution in [-0.2, 0) is 9.59 Å². The van der Waals surface area contributed by atoms with E-state index in [1.807, 2.05) is 0 Å². The largest absolute Gasteiger partial charge is 0.480 e. The van der Waals surface area contributed by atoms with E-state index in [1.165, 1.54) is 4.90 Å². The number of carboxylic acids is 1. The Morgan fingerprint density at radius 3 is 2.50 bits per heavy atom. The highest BCUT2D eigenvalue weighted by atomic mass is 16.4. The van der Waals surface area contributed by atoms with Gasteiger partial charge in [0.05, 0.1) is 6.10 Å². The molecule has 1 saturated carbocycles. The number of aliphatic hydroxyl groups excluding tert-OH is 1. The highest BCUT2D eigenvalue weighted by molar-refractivity contribution is 5.85. The van der Waals surface area contributed by atoms with Crippen molar-refractivity contribution < 1.29 is 19.8 Å². The molecular weight excluding hydrogens is 236 g/mol. The lowest BCUT2D eigenvalue weighted by Crippen LogP contribution is -2.47. The molecule has 1 saturated heterocycles. The number of likely N-dealkylation sites (tertiary alicyclic amines) is 1. The van der Waals surface area contributed by atoms with Crippen LogP contribution in [0.25, 0.3) is 0 Å². The van der Waals surface area contributed by atoms with E-state index in [-0.39, 0.29) is 25.3 Å². The first-order chi connectivity index (χ1) is 8.41. The second-order valence-corrected chi connectivity index (χ2v) is 5.54. The first-order valence-corrected chi connectivity index (χ1v) is 6.40. The minimum atomic E-state index is -1.06. The molecule has 0 radical (unpaired) electrons. The summed E-state index contributed by atoms with van der Waals surface area (Å²) in [5, 5.41) is 18.5. The van der Waals surface area contributed by atoms with E-state index in [0.29, 0.717) is 0 Å². The van der Waals surface area contributed by atoms with Crippen molar-refractivity contribution in [3.63, 3.8) is 0 Å². The van der Waals surface area contributed by atoms with Crippen LogP contribution in [0.2, 0.25) is 0 Å². The van der Waals surface area contributed by atoms with Crippen molar-refractivity contribution in [1.29, 1.82) is 0 Å². The van der Waals surface area contributed by atoms with Crippen LogP contribution in [0.15, 0.2) is 0 Å². The van der Waals surface area contributed by atoms with Crippen LogP contribution in [0.5, 0.6) is 0 Å². The number of hydrogen-bond acceptors (Lipinski definition) is 4. The van der Waals surface area contributed by atoms with E-state index in [1.54, 1.807) is 0 Å². The maximum absolute atomic E-state index is 12.1. The number of hydrogen-bond donors (Lipinski definition) is 3. The number of nitrogens with two attached hydrogens (primary N) is 1. The SMILES string of the molecule is NC1(CC(=O)N2C[C@H](O)C[C@@H]2C(=O)O)CCCC1. The fourth-order valence-corrected chi connectivity index (χ4v) is 2.98. The number of carbonyl (C=O) groups excluding carboxylic acids is 1. The lowest BCUT2D eigenvalue weighted by molar-refractivity contribution is -0.148. The van der Waals surface area contributed by atoms with Crippen molar-refractivity contribution in [3.05, 3.63) is 0 Å². The molecule has 6 heteroatoms. The van der Waals surface area contributed by atoms with E-state index in [2.05, 4.69) is 0 Å². The van der Waals surface area contributed by atoms with Crippen LogP contribution in [-0.4, -0.2) is 51.2 Å². The summed E-state index contributed by atoms with van der Waals surface area (Å²) < 4.78 is 0.